The monoisotopic (exact) mass is 343 g/mol. The molecule has 0 aliphatic heterocycles. The van der Waals surface area contributed by atoms with Crippen molar-refractivity contribution in [1.29, 1.82) is 0 Å². The van der Waals surface area contributed by atoms with E-state index in [0.29, 0.717) is 13.2 Å². The number of hydrogen-bond acceptors (Lipinski definition) is 2. The van der Waals surface area contributed by atoms with Gasteiger partial charge in [-0.2, -0.15) is 0 Å². The maximum atomic E-state index is 5.63. The number of benzene rings is 3. The van der Waals surface area contributed by atoms with Crippen LogP contribution in [0.4, 0.5) is 0 Å². The predicted molar refractivity (Wildman–Crippen MR) is 109 cm³/mol. The summed E-state index contributed by atoms with van der Waals surface area (Å²) in [6.07, 6.45) is 2.21. The van der Waals surface area contributed by atoms with Crippen LogP contribution >= 0.6 is 0 Å². The van der Waals surface area contributed by atoms with Crippen molar-refractivity contribution in [3.63, 3.8) is 0 Å². The first kappa shape index (κ1) is 18.0. The minimum Gasteiger partial charge on any atom is -0.492 e. The molecule has 0 aliphatic rings. The molecule has 0 saturated heterocycles. The average Bonchev–Trinajstić information content (AvgIpc) is 2.72. The number of allylic oxidation sites excluding steroid dienone is 2. The van der Waals surface area contributed by atoms with Gasteiger partial charge in [-0.1, -0.05) is 78.9 Å². The van der Waals surface area contributed by atoms with Gasteiger partial charge in [0.05, 0.1) is 0 Å². The summed E-state index contributed by atoms with van der Waals surface area (Å²) in [6.45, 7) is 3.16. The highest BCUT2D eigenvalue weighted by atomic mass is 16.5. The van der Waals surface area contributed by atoms with Crippen molar-refractivity contribution in [3.05, 3.63) is 108 Å². The highest BCUT2D eigenvalue weighted by Crippen LogP contribution is 2.38. The smallest absolute Gasteiger partial charge is 0.119 e. The fourth-order valence-electron chi connectivity index (χ4n) is 3.26. The highest BCUT2D eigenvalue weighted by Gasteiger charge is 2.19. The van der Waals surface area contributed by atoms with Crippen molar-refractivity contribution < 1.29 is 4.74 Å². The van der Waals surface area contributed by atoms with E-state index in [9.17, 15) is 0 Å². The Labute approximate surface area is 155 Å². The van der Waals surface area contributed by atoms with Crippen molar-refractivity contribution in [2.24, 2.45) is 5.73 Å². The van der Waals surface area contributed by atoms with E-state index in [2.05, 4.69) is 85.8 Å². The molecule has 0 bridgehead atoms. The van der Waals surface area contributed by atoms with Crippen LogP contribution in [0.5, 0.6) is 5.75 Å². The summed E-state index contributed by atoms with van der Waals surface area (Å²) in [7, 11) is 0. The van der Waals surface area contributed by atoms with Gasteiger partial charge in [0.15, 0.2) is 0 Å². The number of hydrogen-bond donors (Lipinski definition) is 1. The molecule has 1 unspecified atom stereocenters. The first-order valence-electron chi connectivity index (χ1n) is 9.03. The lowest BCUT2D eigenvalue weighted by atomic mass is 9.81. The second kappa shape index (κ2) is 9.02. The lowest BCUT2D eigenvalue weighted by Crippen LogP contribution is -2.10. The maximum Gasteiger partial charge on any atom is 0.119 e. The molecule has 1 atom stereocenters. The van der Waals surface area contributed by atoms with Gasteiger partial charge in [0.2, 0.25) is 0 Å². The van der Waals surface area contributed by atoms with Crippen molar-refractivity contribution in [2.75, 3.05) is 13.2 Å². The summed E-state index contributed by atoms with van der Waals surface area (Å²) in [5, 5.41) is 0. The molecule has 3 aromatic carbocycles. The van der Waals surface area contributed by atoms with Crippen LogP contribution < -0.4 is 10.5 Å². The SMILES string of the molecule is CC=C(c1ccccc1)C(c1ccccc1)c1ccc(OCCN)cc1. The molecule has 3 aromatic rings. The van der Waals surface area contributed by atoms with Crippen molar-refractivity contribution in [3.8, 4) is 5.75 Å². The van der Waals surface area contributed by atoms with E-state index in [1.807, 2.05) is 12.1 Å². The highest BCUT2D eigenvalue weighted by molar-refractivity contribution is 5.75. The number of ether oxygens (including phenoxy) is 1. The quantitative estimate of drug-likeness (QED) is 0.635. The van der Waals surface area contributed by atoms with Crippen LogP contribution in [0.1, 0.15) is 29.5 Å². The zero-order valence-electron chi connectivity index (χ0n) is 15.1. The minimum atomic E-state index is 0.173. The second-order valence-corrected chi connectivity index (χ2v) is 6.16. The minimum absolute atomic E-state index is 0.173. The summed E-state index contributed by atoms with van der Waals surface area (Å²) in [4.78, 5) is 0. The van der Waals surface area contributed by atoms with Gasteiger partial charge in [0.1, 0.15) is 12.4 Å². The molecular formula is C24H25NO. The van der Waals surface area contributed by atoms with Gasteiger partial charge in [-0.15, -0.1) is 0 Å². The normalized spacial score (nSPS) is 12.6. The number of rotatable bonds is 7. The molecular weight excluding hydrogens is 318 g/mol. The topological polar surface area (TPSA) is 35.2 Å². The van der Waals surface area contributed by atoms with E-state index < -0.39 is 0 Å². The Morgan fingerprint density at radius 2 is 1.42 bits per heavy atom. The Morgan fingerprint density at radius 1 is 0.846 bits per heavy atom. The summed E-state index contributed by atoms with van der Waals surface area (Å²) in [5.41, 5.74) is 10.6. The first-order valence-corrected chi connectivity index (χ1v) is 9.03. The molecule has 26 heavy (non-hydrogen) atoms. The molecule has 0 fully saturated rings. The van der Waals surface area contributed by atoms with Crippen molar-refractivity contribution in [1.82, 2.24) is 0 Å². The van der Waals surface area contributed by atoms with Crippen LogP contribution in [0, 0.1) is 0 Å². The molecule has 0 aliphatic carbocycles. The van der Waals surface area contributed by atoms with Gasteiger partial charge in [-0.25, -0.2) is 0 Å². The molecule has 0 saturated carbocycles. The third-order valence-corrected chi connectivity index (χ3v) is 4.46. The molecule has 0 spiro atoms. The Morgan fingerprint density at radius 3 is 2.00 bits per heavy atom. The van der Waals surface area contributed by atoms with Crippen LogP contribution in [-0.2, 0) is 0 Å². The molecule has 0 radical (unpaired) electrons. The standard InChI is InChI=1S/C24H25NO/c1-2-23(19-9-5-3-6-10-19)24(20-11-7-4-8-12-20)21-13-15-22(16-14-21)26-18-17-25/h2-16,24H,17-18,25H2,1H3. The van der Waals surface area contributed by atoms with Crippen molar-refractivity contribution >= 4 is 5.57 Å². The Kier molecular flexibility index (Phi) is 6.24. The largest absolute Gasteiger partial charge is 0.492 e. The van der Waals surface area contributed by atoms with E-state index in [4.69, 9.17) is 10.5 Å². The first-order chi connectivity index (χ1) is 12.8. The van der Waals surface area contributed by atoms with Gasteiger partial charge in [0.25, 0.3) is 0 Å². The molecule has 0 heterocycles. The molecule has 2 N–H and O–H groups in total. The number of nitrogens with two attached hydrogens (primary N) is 1. The molecule has 3 rings (SSSR count). The van der Waals surface area contributed by atoms with Crippen LogP contribution in [0.2, 0.25) is 0 Å². The van der Waals surface area contributed by atoms with Gasteiger partial charge < -0.3 is 10.5 Å². The van der Waals surface area contributed by atoms with E-state index in [1.54, 1.807) is 0 Å². The third-order valence-electron chi connectivity index (χ3n) is 4.46. The van der Waals surface area contributed by atoms with Gasteiger partial charge in [-0.05, 0) is 41.3 Å². The maximum absolute atomic E-state index is 5.63. The fraction of sp³-hybridized carbons (Fsp3) is 0.167. The molecule has 0 aromatic heterocycles. The summed E-state index contributed by atoms with van der Waals surface area (Å²) in [6, 6.07) is 29.6. The Hall–Kier alpha value is -2.84. The van der Waals surface area contributed by atoms with Crippen LogP contribution in [-0.4, -0.2) is 13.2 Å². The predicted octanol–water partition coefficient (Wildman–Crippen LogP) is 5.26. The molecule has 0 amide bonds. The Bertz CT molecular complexity index is 823. The van der Waals surface area contributed by atoms with Gasteiger partial charge >= 0.3 is 0 Å². The second-order valence-electron chi connectivity index (χ2n) is 6.16. The lowest BCUT2D eigenvalue weighted by molar-refractivity contribution is 0.328. The fourth-order valence-corrected chi connectivity index (χ4v) is 3.26. The molecule has 132 valence electrons. The zero-order valence-corrected chi connectivity index (χ0v) is 15.1. The molecule has 2 nitrogen and oxygen atoms in total. The molecule has 2 heteroatoms. The lowest BCUT2D eigenvalue weighted by Gasteiger charge is -2.22. The summed E-state index contributed by atoms with van der Waals surface area (Å²) in [5.74, 6) is 1.03. The van der Waals surface area contributed by atoms with E-state index in [0.717, 1.165) is 5.75 Å². The zero-order chi connectivity index (χ0) is 18.2. The van der Waals surface area contributed by atoms with Crippen molar-refractivity contribution in [2.45, 2.75) is 12.8 Å². The Balaban J connectivity index is 2.02. The summed E-state index contributed by atoms with van der Waals surface area (Å²) >= 11 is 0. The summed E-state index contributed by atoms with van der Waals surface area (Å²) < 4.78 is 5.63. The van der Waals surface area contributed by atoms with E-state index in [-0.39, 0.29) is 5.92 Å². The van der Waals surface area contributed by atoms with Gasteiger partial charge in [0, 0.05) is 12.5 Å². The van der Waals surface area contributed by atoms with E-state index >= 15 is 0 Å². The van der Waals surface area contributed by atoms with Crippen LogP contribution in [0.15, 0.2) is 91.0 Å². The van der Waals surface area contributed by atoms with Crippen LogP contribution in [0.3, 0.4) is 0 Å². The van der Waals surface area contributed by atoms with Gasteiger partial charge in [-0.3, -0.25) is 0 Å². The average molecular weight is 343 g/mol. The van der Waals surface area contributed by atoms with E-state index in [1.165, 1.54) is 22.3 Å². The van der Waals surface area contributed by atoms with Crippen LogP contribution in [0.25, 0.3) is 5.57 Å². The third kappa shape index (κ3) is 4.22.